The molecule has 0 aromatic carbocycles. The molecule has 0 unspecified atom stereocenters. The highest BCUT2D eigenvalue weighted by molar-refractivity contribution is 8.11. The molecule has 1 aliphatic rings. The molecule has 17 heteroatoms. The number of aliphatic hydroxyl groups excluding tert-OH is 2. The van der Waals surface area contributed by atoms with Gasteiger partial charge in [0.25, 0.3) is 5.56 Å². The monoisotopic (exact) mass is 560 g/mol. The van der Waals surface area contributed by atoms with Crippen molar-refractivity contribution < 1.29 is 45.4 Å². The summed E-state index contributed by atoms with van der Waals surface area (Å²) in [5, 5.41) is 19.4. The Bertz CT molecular complexity index is 1280. The normalized spacial score (nSPS) is 24.1. The second-order valence-corrected chi connectivity index (χ2v) is 15.1. The zero-order chi connectivity index (χ0) is 26.8. The summed E-state index contributed by atoms with van der Waals surface area (Å²) in [6.45, 7) is 6.05. The predicted octanol–water partition coefficient (Wildman–Crippen LogP) is -0.543. The number of ether oxygens (including phenoxy) is 1. The first-order valence-electron chi connectivity index (χ1n) is 10.3. The molecule has 200 valence electrons. The lowest BCUT2D eigenvalue weighted by Crippen LogP contribution is -2.37. The summed E-state index contributed by atoms with van der Waals surface area (Å²) in [5.41, 5.74) is -2.80. The molecule has 14 nitrogen and oxygen atoms in total. The standard InChI is InChI=1S/C18H29N2O12PS2/c1-11(2)31-33(25,32-12(3)4)9-35(28,29)10-34(26,27)8-6-13-15(22)16(23)17(30-13)20-7-5-14(21)19-18(20)24/h5-8,11-13,15-17,22-23H,9-10H2,1-4H3,(H,19,21,24)/b8-6+/t13-,15-,16-,17-/m1/s1. The first-order chi connectivity index (χ1) is 15.9. The van der Waals surface area contributed by atoms with E-state index in [1.807, 2.05) is 4.98 Å². The van der Waals surface area contributed by atoms with Crippen molar-refractivity contribution in [1.29, 1.82) is 0 Å². The summed E-state index contributed by atoms with van der Waals surface area (Å²) in [7, 11) is -13.2. The SMILES string of the molecule is CC(C)OP(=O)(CS(=O)(=O)CS(=O)(=O)/C=C/[C@H]1O[C@@H](n2ccc(=O)[nH]c2=O)[C@H](O)[C@@H]1O)OC(C)C. The van der Waals surface area contributed by atoms with Crippen LogP contribution in [0.15, 0.2) is 33.3 Å². The fourth-order valence-electron chi connectivity index (χ4n) is 3.19. The number of nitrogens with one attached hydrogen (secondary N) is 1. The topological polar surface area (TPSA) is 208 Å². The molecule has 0 amide bonds. The molecule has 4 atom stereocenters. The Kier molecular flexibility index (Phi) is 9.44. The summed E-state index contributed by atoms with van der Waals surface area (Å²) in [4.78, 5) is 25.1. The van der Waals surface area contributed by atoms with Crippen LogP contribution in [0.5, 0.6) is 0 Å². The number of hydrogen-bond acceptors (Lipinski definition) is 12. The third kappa shape index (κ3) is 8.46. The molecule has 1 fully saturated rings. The van der Waals surface area contributed by atoms with Gasteiger partial charge in [0.1, 0.15) is 18.3 Å². The van der Waals surface area contributed by atoms with Crippen molar-refractivity contribution in [1.82, 2.24) is 9.55 Å². The van der Waals surface area contributed by atoms with Crippen LogP contribution in [0.3, 0.4) is 0 Å². The van der Waals surface area contributed by atoms with E-state index in [-0.39, 0.29) is 0 Å². The molecule has 0 saturated carbocycles. The van der Waals surface area contributed by atoms with Crippen LogP contribution in [0.2, 0.25) is 0 Å². The van der Waals surface area contributed by atoms with Crippen LogP contribution < -0.4 is 11.2 Å². The van der Waals surface area contributed by atoms with Gasteiger partial charge in [-0.05, 0) is 33.8 Å². The summed E-state index contributed by atoms with van der Waals surface area (Å²) in [6.07, 6.45) is -5.72. The minimum absolute atomic E-state index is 0.473. The van der Waals surface area contributed by atoms with Gasteiger partial charge in [0.15, 0.2) is 36.5 Å². The molecule has 1 saturated heterocycles. The van der Waals surface area contributed by atoms with Crippen LogP contribution in [-0.4, -0.2) is 77.7 Å². The summed E-state index contributed by atoms with van der Waals surface area (Å²) < 4.78 is 79.1. The van der Waals surface area contributed by atoms with Crippen LogP contribution in [0.4, 0.5) is 0 Å². The third-order valence-electron chi connectivity index (χ3n) is 4.32. The van der Waals surface area contributed by atoms with Crippen molar-refractivity contribution in [3.8, 4) is 0 Å². The number of hydrogen-bond donors (Lipinski definition) is 3. The maximum absolute atomic E-state index is 12.8. The van der Waals surface area contributed by atoms with Gasteiger partial charge in [0, 0.05) is 17.7 Å². The summed E-state index contributed by atoms with van der Waals surface area (Å²) >= 11 is 0. The molecule has 2 heterocycles. The van der Waals surface area contributed by atoms with E-state index in [1.165, 1.54) is 27.7 Å². The van der Waals surface area contributed by atoms with E-state index in [0.29, 0.717) is 5.41 Å². The Hall–Kier alpha value is -1.65. The number of aromatic amines is 1. The lowest BCUT2D eigenvalue weighted by Gasteiger charge is -2.22. The molecule has 0 aliphatic carbocycles. The van der Waals surface area contributed by atoms with Crippen molar-refractivity contribution in [2.24, 2.45) is 0 Å². The van der Waals surface area contributed by atoms with Gasteiger partial charge in [0.2, 0.25) is 0 Å². The van der Waals surface area contributed by atoms with Crippen LogP contribution in [0.1, 0.15) is 33.9 Å². The van der Waals surface area contributed by atoms with Crippen LogP contribution in [0, 0.1) is 0 Å². The number of aromatic nitrogens is 2. The van der Waals surface area contributed by atoms with Crippen molar-refractivity contribution in [3.05, 3.63) is 44.6 Å². The molecule has 3 N–H and O–H groups in total. The Balaban J connectivity index is 2.17. The molecular formula is C18H29N2O12PS2. The van der Waals surface area contributed by atoms with Gasteiger partial charge in [-0.1, -0.05) is 0 Å². The lowest BCUT2D eigenvalue weighted by atomic mass is 10.1. The van der Waals surface area contributed by atoms with E-state index in [4.69, 9.17) is 13.8 Å². The average Bonchev–Trinajstić information content (AvgIpc) is 2.91. The smallest absolute Gasteiger partial charge is 0.346 e. The van der Waals surface area contributed by atoms with Gasteiger partial charge in [-0.2, -0.15) is 0 Å². The number of nitrogens with zero attached hydrogens (tertiary/aromatic N) is 1. The van der Waals surface area contributed by atoms with Crippen molar-refractivity contribution in [2.45, 2.75) is 64.4 Å². The lowest BCUT2D eigenvalue weighted by molar-refractivity contribution is -0.0296. The molecule has 2 rings (SSSR count). The zero-order valence-electron chi connectivity index (χ0n) is 19.4. The Morgan fingerprint density at radius 2 is 1.69 bits per heavy atom. The summed E-state index contributed by atoms with van der Waals surface area (Å²) in [5.74, 6) is 0. The number of aliphatic hydroxyl groups is 2. The van der Waals surface area contributed by atoms with E-state index in [0.717, 1.165) is 22.9 Å². The van der Waals surface area contributed by atoms with Gasteiger partial charge >= 0.3 is 13.3 Å². The molecular weight excluding hydrogens is 531 g/mol. The Labute approximate surface area is 201 Å². The number of rotatable bonds is 11. The largest absolute Gasteiger partial charge is 0.387 e. The van der Waals surface area contributed by atoms with E-state index >= 15 is 0 Å². The Morgan fingerprint density at radius 3 is 2.20 bits per heavy atom. The highest BCUT2D eigenvalue weighted by Gasteiger charge is 2.43. The van der Waals surface area contributed by atoms with Crippen molar-refractivity contribution >= 4 is 27.3 Å². The van der Waals surface area contributed by atoms with Crippen LogP contribution in [-0.2, 0) is 38.0 Å². The van der Waals surface area contributed by atoms with E-state index in [1.54, 1.807) is 0 Å². The minimum atomic E-state index is -4.51. The van der Waals surface area contributed by atoms with Gasteiger partial charge in [-0.15, -0.1) is 0 Å². The minimum Gasteiger partial charge on any atom is -0.387 e. The number of H-pyrrole nitrogens is 1. The maximum Gasteiger partial charge on any atom is 0.346 e. The van der Waals surface area contributed by atoms with Gasteiger partial charge < -0.3 is 24.0 Å². The van der Waals surface area contributed by atoms with Crippen molar-refractivity contribution in [3.63, 3.8) is 0 Å². The van der Waals surface area contributed by atoms with Gasteiger partial charge in [-0.3, -0.25) is 18.9 Å². The van der Waals surface area contributed by atoms with E-state index in [2.05, 4.69) is 0 Å². The van der Waals surface area contributed by atoms with Crippen LogP contribution in [0.25, 0.3) is 0 Å². The first kappa shape index (κ1) is 29.6. The zero-order valence-corrected chi connectivity index (χ0v) is 21.9. The highest BCUT2D eigenvalue weighted by atomic mass is 32.3. The predicted molar refractivity (Wildman–Crippen MR) is 124 cm³/mol. The molecule has 1 aliphatic heterocycles. The molecule has 0 spiro atoms. The second-order valence-electron chi connectivity index (χ2n) is 8.39. The fraction of sp³-hybridized carbons (Fsp3) is 0.667. The molecule has 0 bridgehead atoms. The molecule has 1 aromatic rings. The molecule has 0 radical (unpaired) electrons. The van der Waals surface area contributed by atoms with E-state index < -0.39 is 85.8 Å². The van der Waals surface area contributed by atoms with E-state index in [9.17, 15) is 41.2 Å². The fourth-order valence-corrected chi connectivity index (χ4v) is 10.6. The summed E-state index contributed by atoms with van der Waals surface area (Å²) in [6, 6.07) is 0.979. The van der Waals surface area contributed by atoms with Crippen molar-refractivity contribution in [2.75, 3.05) is 10.6 Å². The first-order valence-corrected chi connectivity index (χ1v) is 15.6. The number of sulfone groups is 2. The second kappa shape index (κ2) is 11.2. The molecule has 1 aromatic heterocycles. The van der Waals surface area contributed by atoms with Gasteiger partial charge in [0.05, 0.1) is 12.2 Å². The maximum atomic E-state index is 12.8. The highest BCUT2D eigenvalue weighted by Crippen LogP contribution is 2.51. The third-order valence-corrected chi connectivity index (χ3v) is 12.0. The van der Waals surface area contributed by atoms with Crippen LogP contribution >= 0.6 is 7.60 Å². The van der Waals surface area contributed by atoms with Gasteiger partial charge in [-0.25, -0.2) is 21.6 Å². The molecule has 35 heavy (non-hydrogen) atoms. The average molecular weight is 561 g/mol. The Morgan fingerprint density at radius 1 is 1.11 bits per heavy atom. The quantitative estimate of drug-likeness (QED) is 0.291.